The van der Waals surface area contributed by atoms with Gasteiger partial charge in [0.25, 0.3) is 0 Å². The van der Waals surface area contributed by atoms with Crippen LogP contribution in [0.3, 0.4) is 0 Å². The van der Waals surface area contributed by atoms with E-state index in [0.717, 1.165) is 30.3 Å². The van der Waals surface area contributed by atoms with Crippen molar-refractivity contribution < 1.29 is 31.8 Å². The van der Waals surface area contributed by atoms with Gasteiger partial charge in [0.15, 0.2) is 6.61 Å². The molecule has 0 amide bonds. The lowest BCUT2D eigenvalue weighted by Crippen LogP contribution is -2.23. The van der Waals surface area contributed by atoms with Crippen LogP contribution in [0.5, 0.6) is 5.75 Å². The third kappa shape index (κ3) is 6.04. The number of halogens is 3. The van der Waals surface area contributed by atoms with Gasteiger partial charge < -0.3 is 9.84 Å². The number of sulfonamides is 1. The quantitative estimate of drug-likeness (QED) is 0.489. The molecule has 0 unspecified atom stereocenters. The van der Waals surface area contributed by atoms with Crippen LogP contribution < -0.4 is 9.46 Å². The number of carboxylic acids is 1. The van der Waals surface area contributed by atoms with Crippen LogP contribution in [0.15, 0.2) is 59.5 Å². The van der Waals surface area contributed by atoms with Gasteiger partial charge >= 0.3 is 5.97 Å². The Morgan fingerprint density at radius 3 is 2.55 bits per heavy atom. The molecule has 3 aromatic rings. The van der Waals surface area contributed by atoms with E-state index < -0.39 is 34.2 Å². The second-order valence-corrected chi connectivity index (χ2v) is 8.93. The van der Waals surface area contributed by atoms with Gasteiger partial charge in [-0.1, -0.05) is 17.7 Å². The van der Waals surface area contributed by atoms with E-state index in [-0.39, 0.29) is 38.9 Å². The Kier molecular flexibility index (Phi) is 7.28. The first-order valence-corrected chi connectivity index (χ1v) is 11.1. The lowest BCUT2D eigenvalue weighted by molar-refractivity contribution is -0.139. The zero-order valence-electron chi connectivity index (χ0n) is 16.7. The highest BCUT2D eigenvalue weighted by molar-refractivity contribution is 7.89. The molecule has 0 fully saturated rings. The Balaban J connectivity index is 1.94. The summed E-state index contributed by atoms with van der Waals surface area (Å²) in [5.74, 6) is -2.58. The van der Waals surface area contributed by atoms with Gasteiger partial charge in [0.05, 0.1) is 21.6 Å². The van der Waals surface area contributed by atoms with Crippen LogP contribution in [0.1, 0.15) is 11.1 Å². The smallest absolute Gasteiger partial charge is 0.341 e. The van der Waals surface area contributed by atoms with Gasteiger partial charge in [-0.2, -0.15) is 5.26 Å². The van der Waals surface area contributed by atoms with Crippen molar-refractivity contribution in [1.29, 1.82) is 5.26 Å². The maximum absolute atomic E-state index is 14.0. The second kappa shape index (κ2) is 9.95. The number of carbonyl (C=O) groups is 1. The number of nitrogens with one attached hydrogen (secondary N) is 1. The number of hydrogen-bond acceptors (Lipinski definition) is 5. The van der Waals surface area contributed by atoms with Crippen LogP contribution in [0.25, 0.3) is 11.1 Å². The van der Waals surface area contributed by atoms with Gasteiger partial charge in [0, 0.05) is 12.1 Å². The molecule has 0 spiro atoms. The van der Waals surface area contributed by atoms with E-state index in [4.69, 9.17) is 26.7 Å². The second-order valence-electron chi connectivity index (χ2n) is 6.75. The minimum Gasteiger partial charge on any atom is -0.481 e. The standard InChI is InChI=1S/C22H15ClF2N2O5S/c23-19-9-17(2-3-20(19)25)33(30,31)27-11-13-1-4-21(32-12-22(28)29)18(7-13)15-5-14(10-26)6-16(24)8-15/h1-9,27H,11-12H2,(H,28,29). The highest BCUT2D eigenvalue weighted by atomic mass is 35.5. The predicted molar refractivity (Wildman–Crippen MR) is 115 cm³/mol. The summed E-state index contributed by atoms with van der Waals surface area (Å²) in [6.07, 6.45) is 0. The first kappa shape index (κ1) is 24.1. The molecule has 0 aliphatic rings. The van der Waals surface area contributed by atoms with E-state index in [1.54, 1.807) is 0 Å². The first-order chi connectivity index (χ1) is 15.6. The fourth-order valence-corrected chi connectivity index (χ4v) is 4.18. The molecule has 11 heteroatoms. The molecule has 2 N–H and O–H groups in total. The Morgan fingerprint density at radius 1 is 1.12 bits per heavy atom. The number of nitriles is 1. The van der Waals surface area contributed by atoms with Crippen LogP contribution in [0.4, 0.5) is 8.78 Å². The van der Waals surface area contributed by atoms with E-state index in [1.807, 2.05) is 6.07 Å². The minimum atomic E-state index is -4.04. The number of hydrogen-bond donors (Lipinski definition) is 2. The van der Waals surface area contributed by atoms with Crippen LogP contribution in [-0.2, 0) is 21.4 Å². The summed E-state index contributed by atoms with van der Waals surface area (Å²) in [6.45, 7) is -0.866. The summed E-state index contributed by atoms with van der Waals surface area (Å²) >= 11 is 5.66. The molecule has 0 aromatic heterocycles. The number of nitrogens with zero attached hydrogens (tertiary/aromatic N) is 1. The van der Waals surface area contributed by atoms with Crippen molar-refractivity contribution in [3.05, 3.63) is 82.4 Å². The van der Waals surface area contributed by atoms with Crippen molar-refractivity contribution >= 4 is 27.6 Å². The lowest BCUT2D eigenvalue weighted by Gasteiger charge is -2.14. The Labute approximate surface area is 192 Å². The molecule has 0 radical (unpaired) electrons. The van der Waals surface area contributed by atoms with Gasteiger partial charge in [-0.25, -0.2) is 26.7 Å². The topological polar surface area (TPSA) is 116 Å². The average Bonchev–Trinajstić information content (AvgIpc) is 2.77. The van der Waals surface area contributed by atoms with Crippen molar-refractivity contribution in [1.82, 2.24) is 4.72 Å². The maximum atomic E-state index is 14.0. The number of benzene rings is 3. The normalized spacial score (nSPS) is 11.1. The van der Waals surface area contributed by atoms with Gasteiger partial charge in [0.2, 0.25) is 10.0 Å². The summed E-state index contributed by atoms with van der Waals surface area (Å²) < 4.78 is 60.0. The van der Waals surface area contributed by atoms with Crippen molar-refractivity contribution in [2.24, 2.45) is 0 Å². The Bertz CT molecular complexity index is 1370. The van der Waals surface area contributed by atoms with E-state index >= 15 is 0 Å². The van der Waals surface area contributed by atoms with Gasteiger partial charge in [-0.15, -0.1) is 0 Å². The number of rotatable bonds is 8. The molecule has 0 bridgehead atoms. The highest BCUT2D eigenvalue weighted by Gasteiger charge is 2.17. The largest absolute Gasteiger partial charge is 0.481 e. The fraction of sp³-hybridized carbons (Fsp3) is 0.0909. The van der Waals surface area contributed by atoms with E-state index in [0.29, 0.717) is 5.56 Å². The summed E-state index contributed by atoms with van der Waals surface area (Å²) in [5, 5.41) is 17.7. The molecule has 0 heterocycles. The SMILES string of the molecule is N#Cc1cc(F)cc(-c2cc(CNS(=O)(=O)c3ccc(F)c(Cl)c3)ccc2OCC(=O)O)c1. The van der Waals surface area contributed by atoms with Gasteiger partial charge in [0.1, 0.15) is 17.4 Å². The van der Waals surface area contributed by atoms with Crippen LogP contribution in [-0.4, -0.2) is 26.1 Å². The lowest BCUT2D eigenvalue weighted by atomic mass is 10.00. The first-order valence-electron chi connectivity index (χ1n) is 9.22. The average molecular weight is 493 g/mol. The number of carboxylic acid groups (broad SMARTS) is 1. The molecule has 33 heavy (non-hydrogen) atoms. The van der Waals surface area contributed by atoms with Crippen LogP contribution >= 0.6 is 11.6 Å². The van der Waals surface area contributed by atoms with Crippen molar-refractivity contribution in [3.8, 4) is 22.9 Å². The molecular formula is C22H15ClF2N2O5S. The molecular weight excluding hydrogens is 478 g/mol. The van der Waals surface area contributed by atoms with Crippen LogP contribution in [0.2, 0.25) is 5.02 Å². The van der Waals surface area contributed by atoms with E-state index in [1.165, 1.54) is 24.3 Å². The molecule has 0 saturated carbocycles. The van der Waals surface area contributed by atoms with Crippen molar-refractivity contribution in [2.45, 2.75) is 11.4 Å². The molecule has 0 saturated heterocycles. The predicted octanol–water partition coefficient (Wildman–Crippen LogP) is 4.10. The molecule has 170 valence electrons. The summed E-state index contributed by atoms with van der Waals surface area (Å²) in [4.78, 5) is 10.7. The third-order valence-corrected chi connectivity index (χ3v) is 6.09. The van der Waals surface area contributed by atoms with Crippen LogP contribution in [0, 0.1) is 23.0 Å². The zero-order valence-corrected chi connectivity index (χ0v) is 18.3. The summed E-state index contributed by atoms with van der Waals surface area (Å²) in [7, 11) is -4.04. The Morgan fingerprint density at radius 2 is 1.88 bits per heavy atom. The molecule has 0 aliphatic carbocycles. The van der Waals surface area contributed by atoms with Gasteiger partial charge in [-0.05, 0) is 59.7 Å². The number of aliphatic carboxylic acids is 1. The van der Waals surface area contributed by atoms with Crippen molar-refractivity contribution in [3.63, 3.8) is 0 Å². The summed E-state index contributed by atoms with van der Waals surface area (Å²) in [6, 6.07) is 12.7. The molecule has 7 nitrogen and oxygen atoms in total. The Hall–Kier alpha value is -3.52. The van der Waals surface area contributed by atoms with E-state index in [2.05, 4.69) is 4.72 Å². The van der Waals surface area contributed by atoms with E-state index in [9.17, 15) is 22.0 Å². The van der Waals surface area contributed by atoms with Crippen molar-refractivity contribution in [2.75, 3.05) is 6.61 Å². The molecule has 3 rings (SSSR count). The fourth-order valence-electron chi connectivity index (χ4n) is 2.89. The molecule has 0 aliphatic heterocycles. The minimum absolute atomic E-state index is 0.0356. The third-order valence-electron chi connectivity index (χ3n) is 4.40. The van der Waals surface area contributed by atoms with Gasteiger partial charge in [-0.3, -0.25) is 0 Å². The zero-order chi connectivity index (χ0) is 24.2. The highest BCUT2D eigenvalue weighted by Crippen LogP contribution is 2.32. The maximum Gasteiger partial charge on any atom is 0.341 e. The molecule has 3 aromatic carbocycles. The monoisotopic (exact) mass is 492 g/mol. The summed E-state index contributed by atoms with van der Waals surface area (Å²) in [5.41, 5.74) is 0.955. The number of ether oxygens (including phenoxy) is 1. The molecule has 0 atom stereocenters.